The van der Waals surface area contributed by atoms with Crippen molar-refractivity contribution in [3.63, 3.8) is 0 Å². The number of primary amides is 1. The van der Waals surface area contributed by atoms with Crippen molar-refractivity contribution in [3.05, 3.63) is 77.1 Å². The van der Waals surface area contributed by atoms with E-state index in [0.717, 1.165) is 48.5 Å². The highest BCUT2D eigenvalue weighted by Gasteiger charge is 2.21. The molecule has 5 rings (SSSR count). The second-order valence-corrected chi connectivity index (χ2v) is 8.14. The van der Waals surface area contributed by atoms with Gasteiger partial charge in [-0.3, -0.25) is 4.79 Å². The zero-order valence-corrected chi connectivity index (χ0v) is 18.0. The Morgan fingerprint density at radius 1 is 1.12 bits per heavy atom. The molecule has 0 aliphatic carbocycles. The predicted molar refractivity (Wildman–Crippen MR) is 124 cm³/mol. The van der Waals surface area contributed by atoms with E-state index in [0.29, 0.717) is 23.4 Å². The van der Waals surface area contributed by atoms with E-state index in [4.69, 9.17) is 15.7 Å². The maximum absolute atomic E-state index is 11.8. The normalized spacial score (nSPS) is 14.2. The van der Waals surface area contributed by atoms with Gasteiger partial charge in [0.25, 0.3) is 5.95 Å². The maximum Gasteiger partial charge on any atom is 0.253 e. The number of nitrogens with two attached hydrogens (primary N) is 1. The third-order valence-corrected chi connectivity index (χ3v) is 5.83. The minimum absolute atomic E-state index is 0.438. The van der Waals surface area contributed by atoms with E-state index in [1.54, 1.807) is 23.0 Å². The van der Waals surface area contributed by atoms with Crippen LogP contribution in [0, 0.1) is 0 Å². The number of rotatable bonds is 5. The van der Waals surface area contributed by atoms with Crippen molar-refractivity contribution in [2.24, 2.45) is 5.73 Å². The number of nitrogens with zero attached hydrogens (tertiary/aromatic N) is 5. The average Bonchev–Trinajstić information content (AvgIpc) is 3.14. The first-order valence-corrected chi connectivity index (χ1v) is 10.7. The van der Waals surface area contributed by atoms with E-state index >= 15 is 0 Å². The van der Waals surface area contributed by atoms with Crippen molar-refractivity contribution in [3.8, 4) is 5.95 Å². The van der Waals surface area contributed by atoms with Gasteiger partial charge in [0.1, 0.15) is 5.82 Å². The van der Waals surface area contributed by atoms with E-state index in [-0.39, 0.29) is 0 Å². The third-order valence-electron chi connectivity index (χ3n) is 5.83. The van der Waals surface area contributed by atoms with Crippen LogP contribution in [0.5, 0.6) is 0 Å². The number of hydrogen-bond acceptors (Lipinski definition) is 6. The van der Waals surface area contributed by atoms with Crippen molar-refractivity contribution >= 4 is 22.6 Å². The fraction of sp³-hybridized carbons (Fsp3) is 0.250. The third kappa shape index (κ3) is 3.80. The van der Waals surface area contributed by atoms with Crippen LogP contribution in [-0.4, -0.2) is 44.1 Å². The summed E-state index contributed by atoms with van der Waals surface area (Å²) < 4.78 is 1.68. The van der Waals surface area contributed by atoms with Gasteiger partial charge in [-0.15, -0.1) is 0 Å². The van der Waals surface area contributed by atoms with E-state index in [9.17, 15) is 4.79 Å². The van der Waals surface area contributed by atoms with Gasteiger partial charge in [-0.2, -0.15) is 14.8 Å². The lowest BCUT2D eigenvalue weighted by atomic mass is 10.1. The van der Waals surface area contributed by atoms with Crippen molar-refractivity contribution in [1.82, 2.24) is 24.6 Å². The summed E-state index contributed by atoms with van der Waals surface area (Å²) in [6.45, 7) is 2.47. The summed E-state index contributed by atoms with van der Waals surface area (Å²) in [6.07, 6.45) is 3.56. The number of aryl methyl sites for hydroxylation is 1. The zero-order chi connectivity index (χ0) is 22.1. The van der Waals surface area contributed by atoms with Gasteiger partial charge in [0.15, 0.2) is 0 Å². The lowest BCUT2D eigenvalue weighted by molar-refractivity contribution is 0.100. The molecule has 8 heteroatoms. The van der Waals surface area contributed by atoms with E-state index in [1.165, 1.54) is 5.56 Å². The van der Waals surface area contributed by atoms with Gasteiger partial charge in [0.2, 0.25) is 5.91 Å². The van der Waals surface area contributed by atoms with Crippen molar-refractivity contribution in [2.45, 2.75) is 25.9 Å². The van der Waals surface area contributed by atoms with Crippen LogP contribution >= 0.6 is 0 Å². The standard InChI is InChI=1S/C24H25N7O/c1-30-12-6-10-20-19(15-30)23(26-13-16-7-3-2-4-8-16)29-24(28-20)31-21-11-5-9-17(22(25)32)18(21)14-27-31/h2-5,7-9,11,14H,6,10,12-13,15H2,1H3,(H2,25,32)(H,26,28,29). The second-order valence-electron chi connectivity index (χ2n) is 8.14. The van der Waals surface area contributed by atoms with Gasteiger partial charge in [-0.25, -0.2) is 4.98 Å². The Hall–Kier alpha value is -3.78. The molecule has 4 aromatic rings. The zero-order valence-electron chi connectivity index (χ0n) is 18.0. The highest BCUT2D eigenvalue weighted by molar-refractivity contribution is 6.05. The summed E-state index contributed by atoms with van der Waals surface area (Å²) in [5.41, 5.74) is 10.1. The van der Waals surface area contributed by atoms with Gasteiger partial charge in [-0.1, -0.05) is 36.4 Å². The van der Waals surface area contributed by atoms with E-state index in [2.05, 4.69) is 34.5 Å². The minimum atomic E-state index is -0.480. The number of carbonyl (C=O) groups is 1. The molecule has 2 aromatic heterocycles. The molecule has 0 saturated carbocycles. The quantitative estimate of drug-likeness (QED) is 0.508. The Kier molecular flexibility index (Phi) is 5.28. The molecular weight excluding hydrogens is 402 g/mol. The summed E-state index contributed by atoms with van der Waals surface area (Å²) in [7, 11) is 2.12. The Morgan fingerprint density at radius 2 is 1.97 bits per heavy atom. The van der Waals surface area contributed by atoms with Crippen molar-refractivity contribution in [1.29, 1.82) is 0 Å². The lowest BCUT2D eigenvalue weighted by Gasteiger charge is -2.18. The molecule has 0 fully saturated rings. The molecule has 2 aromatic carbocycles. The number of hydrogen-bond donors (Lipinski definition) is 2. The first kappa shape index (κ1) is 20.1. The summed E-state index contributed by atoms with van der Waals surface area (Å²) in [5, 5.41) is 8.72. The maximum atomic E-state index is 11.8. The molecule has 0 atom stereocenters. The monoisotopic (exact) mass is 427 g/mol. The molecule has 8 nitrogen and oxygen atoms in total. The Bertz CT molecular complexity index is 1280. The Morgan fingerprint density at radius 3 is 2.78 bits per heavy atom. The SMILES string of the molecule is CN1CCCc2nc(-n3ncc4c(C(N)=O)cccc43)nc(NCc3ccccc3)c2C1. The van der Waals surface area contributed by atoms with Crippen LogP contribution in [0.25, 0.3) is 16.9 Å². The van der Waals surface area contributed by atoms with Gasteiger partial charge in [-0.05, 0) is 44.1 Å². The van der Waals surface area contributed by atoms with Crippen LogP contribution < -0.4 is 11.1 Å². The smallest absolute Gasteiger partial charge is 0.253 e. The molecule has 3 heterocycles. The molecule has 0 saturated heterocycles. The Labute approximate surface area is 186 Å². The van der Waals surface area contributed by atoms with Crippen LogP contribution in [0.15, 0.2) is 54.7 Å². The molecule has 0 spiro atoms. The van der Waals surface area contributed by atoms with Crippen LogP contribution in [-0.2, 0) is 19.5 Å². The number of aromatic nitrogens is 4. The molecule has 1 aliphatic rings. The molecule has 0 unspecified atom stereocenters. The summed E-state index contributed by atoms with van der Waals surface area (Å²) in [4.78, 5) is 23.9. The lowest BCUT2D eigenvalue weighted by Crippen LogP contribution is -2.19. The summed E-state index contributed by atoms with van der Waals surface area (Å²) >= 11 is 0. The highest BCUT2D eigenvalue weighted by Crippen LogP contribution is 2.26. The van der Waals surface area contributed by atoms with E-state index < -0.39 is 5.91 Å². The largest absolute Gasteiger partial charge is 0.366 e. The van der Waals surface area contributed by atoms with Gasteiger partial charge in [0, 0.05) is 24.0 Å². The fourth-order valence-corrected chi connectivity index (χ4v) is 4.20. The van der Waals surface area contributed by atoms with Crippen LogP contribution in [0.4, 0.5) is 5.82 Å². The Balaban J connectivity index is 1.60. The number of fused-ring (bicyclic) bond motifs is 2. The molecule has 1 aliphatic heterocycles. The van der Waals surface area contributed by atoms with Gasteiger partial charge in [0.05, 0.1) is 23.0 Å². The average molecular weight is 428 g/mol. The molecule has 162 valence electrons. The second kappa shape index (κ2) is 8.39. The first-order valence-electron chi connectivity index (χ1n) is 10.7. The predicted octanol–water partition coefficient (Wildman–Crippen LogP) is 2.90. The van der Waals surface area contributed by atoms with Crippen LogP contribution in [0.3, 0.4) is 0 Å². The molecule has 1 amide bonds. The summed E-state index contributed by atoms with van der Waals surface area (Å²) in [6, 6.07) is 15.7. The number of nitrogens with one attached hydrogen (secondary N) is 1. The number of amides is 1. The number of anilines is 1. The molecule has 0 radical (unpaired) electrons. The minimum Gasteiger partial charge on any atom is -0.366 e. The molecule has 0 bridgehead atoms. The van der Waals surface area contributed by atoms with Gasteiger partial charge >= 0.3 is 0 Å². The first-order chi connectivity index (χ1) is 15.6. The molecule has 3 N–H and O–H groups in total. The fourth-order valence-electron chi connectivity index (χ4n) is 4.20. The molecular formula is C24H25N7O. The topological polar surface area (TPSA) is 102 Å². The van der Waals surface area contributed by atoms with E-state index in [1.807, 2.05) is 24.3 Å². The van der Waals surface area contributed by atoms with Crippen molar-refractivity contribution in [2.75, 3.05) is 18.9 Å². The van der Waals surface area contributed by atoms with Crippen molar-refractivity contribution < 1.29 is 4.79 Å². The highest BCUT2D eigenvalue weighted by atomic mass is 16.1. The molecule has 32 heavy (non-hydrogen) atoms. The van der Waals surface area contributed by atoms with Gasteiger partial charge < -0.3 is 16.0 Å². The summed E-state index contributed by atoms with van der Waals surface area (Å²) in [5.74, 6) is 0.823. The number of benzene rings is 2. The van der Waals surface area contributed by atoms with Crippen LogP contribution in [0.2, 0.25) is 0 Å². The number of carbonyl (C=O) groups excluding carboxylic acids is 1. The van der Waals surface area contributed by atoms with Crippen LogP contribution in [0.1, 0.15) is 33.6 Å².